The summed E-state index contributed by atoms with van der Waals surface area (Å²) < 4.78 is 0. The molecule has 1 amide bonds. The molecular weight excluding hydrogens is 234 g/mol. The van der Waals surface area contributed by atoms with Crippen LogP contribution in [0.5, 0.6) is 0 Å². The number of amides is 1. The molecule has 0 unspecified atom stereocenters. The number of hydrogen-bond donors (Lipinski definition) is 2. The Morgan fingerprint density at radius 1 is 1.44 bits per heavy atom. The van der Waals surface area contributed by atoms with Crippen LogP contribution in [-0.2, 0) is 4.79 Å². The molecule has 0 fully saturated rings. The summed E-state index contributed by atoms with van der Waals surface area (Å²) in [5.74, 6) is -1.31. The van der Waals surface area contributed by atoms with Gasteiger partial charge in [0.25, 0.3) is 5.91 Å². The van der Waals surface area contributed by atoms with Gasteiger partial charge in [-0.15, -0.1) is 0 Å². The number of hydrogen-bond acceptors (Lipinski definition) is 4. The van der Waals surface area contributed by atoms with Crippen LogP contribution in [0.25, 0.3) is 0 Å². The summed E-state index contributed by atoms with van der Waals surface area (Å²) in [6, 6.07) is -0.892. The first-order chi connectivity index (χ1) is 8.41. The van der Waals surface area contributed by atoms with Gasteiger partial charge in [0.2, 0.25) is 0 Å². The van der Waals surface area contributed by atoms with Crippen molar-refractivity contribution < 1.29 is 14.7 Å². The Hall–Kier alpha value is -1.98. The highest BCUT2D eigenvalue weighted by Crippen LogP contribution is 2.07. The molecule has 2 N–H and O–H groups in total. The predicted octanol–water partition coefficient (Wildman–Crippen LogP) is 1.01. The summed E-state index contributed by atoms with van der Waals surface area (Å²) >= 11 is 0. The van der Waals surface area contributed by atoms with Gasteiger partial charge in [-0.2, -0.15) is 0 Å². The van der Waals surface area contributed by atoms with Crippen molar-refractivity contribution >= 4 is 11.9 Å². The minimum Gasteiger partial charge on any atom is -0.480 e. The standard InChI is InChI=1S/C12H17N3O3/c1-7(2)4-10(12(17)18)15-11(16)9-5-13-6-14-8(9)3/h5-7,10H,4H2,1-3H3,(H,15,16)(H,17,18)/t10-/m0/s1. The van der Waals surface area contributed by atoms with E-state index in [1.54, 1.807) is 6.92 Å². The molecule has 0 aliphatic heterocycles. The highest BCUT2D eigenvalue weighted by Gasteiger charge is 2.22. The van der Waals surface area contributed by atoms with Crippen molar-refractivity contribution in [3.63, 3.8) is 0 Å². The SMILES string of the molecule is Cc1ncncc1C(=O)N[C@@H](CC(C)C)C(=O)O. The minimum atomic E-state index is -1.04. The second-order valence-corrected chi connectivity index (χ2v) is 4.52. The van der Waals surface area contributed by atoms with Crippen molar-refractivity contribution in [2.75, 3.05) is 0 Å². The van der Waals surface area contributed by atoms with Gasteiger partial charge < -0.3 is 10.4 Å². The topological polar surface area (TPSA) is 92.2 Å². The lowest BCUT2D eigenvalue weighted by molar-refractivity contribution is -0.139. The Balaban J connectivity index is 2.79. The van der Waals surface area contributed by atoms with E-state index in [9.17, 15) is 9.59 Å². The molecule has 0 saturated heterocycles. The molecule has 0 saturated carbocycles. The molecular formula is C12H17N3O3. The monoisotopic (exact) mass is 251 g/mol. The Labute approximate surface area is 105 Å². The molecule has 0 aromatic carbocycles. The highest BCUT2D eigenvalue weighted by molar-refractivity contribution is 5.97. The van der Waals surface area contributed by atoms with Gasteiger partial charge in [0.1, 0.15) is 12.4 Å². The van der Waals surface area contributed by atoms with Crippen molar-refractivity contribution in [1.82, 2.24) is 15.3 Å². The highest BCUT2D eigenvalue weighted by atomic mass is 16.4. The number of nitrogens with zero attached hydrogens (tertiary/aromatic N) is 2. The quantitative estimate of drug-likeness (QED) is 0.815. The number of aliphatic carboxylic acids is 1. The van der Waals surface area contributed by atoms with Crippen LogP contribution in [-0.4, -0.2) is 33.0 Å². The second kappa shape index (κ2) is 6.09. The zero-order chi connectivity index (χ0) is 13.7. The molecule has 1 rings (SSSR count). The van der Waals surface area contributed by atoms with Crippen molar-refractivity contribution in [2.45, 2.75) is 33.2 Å². The number of rotatable bonds is 5. The van der Waals surface area contributed by atoms with E-state index in [0.29, 0.717) is 17.7 Å². The second-order valence-electron chi connectivity index (χ2n) is 4.52. The number of carboxylic acids is 1. The van der Waals surface area contributed by atoms with Gasteiger partial charge in [0, 0.05) is 6.20 Å². The van der Waals surface area contributed by atoms with Gasteiger partial charge >= 0.3 is 5.97 Å². The van der Waals surface area contributed by atoms with Crippen molar-refractivity contribution in [3.8, 4) is 0 Å². The number of aromatic nitrogens is 2. The molecule has 0 aliphatic rings. The minimum absolute atomic E-state index is 0.180. The van der Waals surface area contributed by atoms with Crippen molar-refractivity contribution in [3.05, 3.63) is 23.8 Å². The summed E-state index contributed by atoms with van der Waals surface area (Å²) in [6.45, 7) is 5.48. The summed E-state index contributed by atoms with van der Waals surface area (Å²) in [4.78, 5) is 30.6. The van der Waals surface area contributed by atoms with Crippen LogP contribution in [0.1, 0.15) is 36.3 Å². The van der Waals surface area contributed by atoms with E-state index in [1.807, 2.05) is 13.8 Å². The fourth-order valence-corrected chi connectivity index (χ4v) is 1.54. The first kappa shape index (κ1) is 14.1. The molecule has 0 radical (unpaired) electrons. The summed E-state index contributed by atoms with van der Waals surface area (Å²) in [5.41, 5.74) is 0.823. The Morgan fingerprint density at radius 3 is 2.61 bits per heavy atom. The van der Waals surface area contributed by atoms with Gasteiger partial charge in [0.15, 0.2) is 0 Å². The Morgan fingerprint density at radius 2 is 2.11 bits per heavy atom. The van der Waals surface area contributed by atoms with Crippen molar-refractivity contribution in [1.29, 1.82) is 0 Å². The molecule has 1 aromatic heterocycles. The molecule has 0 spiro atoms. The van der Waals surface area contributed by atoms with Crippen molar-refractivity contribution in [2.24, 2.45) is 5.92 Å². The molecule has 18 heavy (non-hydrogen) atoms. The normalized spacial score (nSPS) is 12.2. The number of carbonyl (C=O) groups is 2. The lowest BCUT2D eigenvalue weighted by Crippen LogP contribution is -2.42. The zero-order valence-electron chi connectivity index (χ0n) is 10.7. The molecule has 0 bridgehead atoms. The summed E-state index contributed by atoms with van der Waals surface area (Å²) in [5, 5.41) is 11.5. The average molecular weight is 251 g/mol. The first-order valence-electron chi connectivity index (χ1n) is 5.72. The van der Waals surface area contributed by atoms with E-state index in [1.165, 1.54) is 12.5 Å². The van der Waals surface area contributed by atoms with Crippen LogP contribution in [0.2, 0.25) is 0 Å². The van der Waals surface area contributed by atoms with Gasteiger partial charge in [-0.3, -0.25) is 4.79 Å². The van der Waals surface area contributed by atoms with E-state index >= 15 is 0 Å². The van der Waals surface area contributed by atoms with Crippen LogP contribution in [0.4, 0.5) is 0 Å². The van der Waals surface area contributed by atoms with Gasteiger partial charge in [-0.1, -0.05) is 13.8 Å². The van der Waals surface area contributed by atoms with E-state index < -0.39 is 17.9 Å². The van der Waals surface area contributed by atoms with E-state index in [-0.39, 0.29) is 5.92 Å². The molecule has 98 valence electrons. The smallest absolute Gasteiger partial charge is 0.326 e. The first-order valence-corrected chi connectivity index (χ1v) is 5.72. The summed E-state index contributed by atoms with van der Waals surface area (Å²) in [7, 11) is 0. The molecule has 1 aromatic rings. The van der Waals surface area contributed by atoms with Crippen LogP contribution < -0.4 is 5.32 Å². The number of carboxylic acid groups (broad SMARTS) is 1. The lowest BCUT2D eigenvalue weighted by Gasteiger charge is -2.16. The molecule has 0 aliphatic carbocycles. The number of aryl methyl sites for hydroxylation is 1. The Bertz CT molecular complexity index is 446. The van der Waals surface area contributed by atoms with Crippen LogP contribution in [0.15, 0.2) is 12.5 Å². The maximum absolute atomic E-state index is 11.9. The third kappa shape index (κ3) is 3.80. The van der Waals surface area contributed by atoms with E-state index in [0.717, 1.165) is 0 Å². The van der Waals surface area contributed by atoms with Crippen LogP contribution in [0, 0.1) is 12.8 Å². The summed E-state index contributed by atoms with van der Waals surface area (Å²) in [6.07, 6.45) is 3.11. The fourth-order valence-electron chi connectivity index (χ4n) is 1.54. The lowest BCUT2D eigenvalue weighted by atomic mass is 10.0. The molecule has 6 heteroatoms. The maximum atomic E-state index is 11.9. The number of nitrogens with one attached hydrogen (secondary N) is 1. The third-order valence-electron chi connectivity index (χ3n) is 2.47. The molecule has 1 heterocycles. The fraction of sp³-hybridized carbons (Fsp3) is 0.500. The van der Waals surface area contributed by atoms with Gasteiger partial charge in [-0.25, -0.2) is 14.8 Å². The predicted molar refractivity (Wildman–Crippen MR) is 65.1 cm³/mol. The van der Waals surface area contributed by atoms with Gasteiger partial charge in [0.05, 0.1) is 11.3 Å². The number of carbonyl (C=O) groups excluding carboxylic acids is 1. The van der Waals surface area contributed by atoms with Crippen LogP contribution >= 0.6 is 0 Å². The van der Waals surface area contributed by atoms with E-state index in [2.05, 4.69) is 15.3 Å². The van der Waals surface area contributed by atoms with E-state index in [4.69, 9.17) is 5.11 Å². The molecule has 1 atom stereocenters. The Kier molecular flexibility index (Phi) is 4.76. The molecule has 6 nitrogen and oxygen atoms in total. The zero-order valence-corrected chi connectivity index (χ0v) is 10.7. The third-order valence-corrected chi connectivity index (χ3v) is 2.47. The maximum Gasteiger partial charge on any atom is 0.326 e. The van der Waals surface area contributed by atoms with Crippen LogP contribution in [0.3, 0.4) is 0 Å². The average Bonchev–Trinajstić information content (AvgIpc) is 2.27. The largest absolute Gasteiger partial charge is 0.480 e. The van der Waals surface area contributed by atoms with Gasteiger partial charge in [-0.05, 0) is 19.3 Å².